The van der Waals surface area contributed by atoms with Crippen molar-refractivity contribution >= 4 is 30.3 Å². The van der Waals surface area contributed by atoms with Gasteiger partial charge in [-0.3, -0.25) is 19.8 Å². The van der Waals surface area contributed by atoms with E-state index in [0.717, 1.165) is 0 Å². The molecule has 142 valence electrons. The predicted octanol–water partition coefficient (Wildman–Crippen LogP) is 1.10. The Morgan fingerprint density at radius 3 is 2.69 bits per heavy atom. The fourth-order valence-electron chi connectivity index (χ4n) is 2.57. The number of rotatable bonds is 6. The lowest BCUT2D eigenvalue weighted by molar-refractivity contribution is -0.384. The quantitative estimate of drug-likeness (QED) is 0.384. The largest absolute Gasteiger partial charge is 0.445 e. The molecule has 10 heteroatoms. The number of ether oxygens (including phenoxy) is 1. The summed E-state index contributed by atoms with van der Waals surface area (Å²) in [5.74, 6) is -0.366. The number of nitrogens with one attached hydrogen (secondary N) is 1. The van der Waals surface area contributed by atoms with Gasteiger partial charge in [-0.1, -0.05) is 0 Å². The molecule has 0 unspecified atom stereocenters. The van der Waals surface area contributed by atoms with Crippen molar-refractivity contribution in [3.8, 4) is 0 Å². The van der Waals surface area contributed by atoms with Crippen LogP contribution in [-0.4, -0.2) is 57.4 Å². The Balaban J connectivity index is 1.93. The summed E-state index contributed by atoms with van der Waals surface area (Å²) in [5.41, 5.74) is 0.549. The van der Waals surface area contributed by atoms with Gasteiger partial charge in [0.25, 0.3) is 5.69 Å². The summed E-state index contributed by atoms with van der Waals surface area (Å²) in [4.78, 5) is 36.0. The zero-order valence-corrected chi connectivity index (χ0v) is 15.1. The third kappa shape index (κ3) is 5.33. The highest BCUT2D eigenvalue weighted by atomic mass is 32.1. The van der Waals surface area contributed by atoms with Gasteiger partial charge in [-0.15, -0.1) is 0 Å². The highest BCUT2D eigenvalue weighted by Crippen LogP contribution is 2.23. The molecule has 0 bridgehead atoms. The minimum Gasteiger partial charge on any atom is -0.445 e. The van der Waals surface area contributed by atoms with Crippen molar-refractivity contribution in [1.82, 2.24) is 10.2 Å². The molecule has 2 amide bonds. The van der Waals surface area contributed by atoms with Crippen LogP contribution in [0.25, 0.3) is 0 Å². The molecule has 2 rings (SSSR count). The maximum absolute atomic E-state index is 12.3. The molecule has 0 radical (unpaired) electrons. The van der Waals surface area contributed by atoms with Crippen LogP contribution in [-0.2, 0) is 16.1 Å². The number of carbonyl (C=O) groups excluding carboxylic acids is 2. The van der Waals surface area contributed by atoms with E-state index in [1.54, 1.807) is 6.92 Å². The monoisotopic (exact) mass is 383 g/mol. The summed E-state index contributed by atoms with van der Waals surface area (Å²) in [7, 11) is 0. The van der Waals surface area contributed by atoms with Crippen molar-refractivity contribution in [3.63, 3.8) is 0 Å². The Morgan fingerprint density at radius 1 is 1.46 bits per heavy atom. The van der Waals surface area contributed by atoms with Crippen LogP contribution in [0.5, 0.6) is 0 Å². The number of carbonyl (C=O) groups is 2. The molecular formula is C16H21N3O6S. The van der Waals surface area contributed by atoms with Crippen molar-refractivity contribution in [2.24, 2.45) is 0 Å². The minimum atomic E-state index is -0.708. The van der Waals surface area contributed by atoms with Gasteiger partial charge < -0.3 is 15.2 Å². The van der Waals surface area contributed by atoms with E-state index < -0.39 is 23.2 Å². The molecule has 1 aromatic rings. The predicted molar refractivity (Wildman–Crippen MR) is 95.9 cm³/mol. The molecule has 2 N–H and O–H groups in total. The third-order valence-corrected chi connectivity index (χ3v) is 4.27. The van der Waals surface area contributed by atoms with Gasteiger partial charge in [0.1, 0.15) is 12.6 Å². The first-order chi connectivity index (χ1) is 12.3. The molecule has 1 aromatic carbocycles. The molecule has 9 nitrogen and oxygen atoms in total. The average molecular weight is 383 g/mol. The van der Waals surface area contributed by atoms with E-state index in [-0.39, 0.29) is 36.5 Å². The molecule has 1 aliphatic rings. The summed E-state index contributed by atoms with van der Waals surface area (Å²) >= 11 is 4.33. The van der Waals surface area contributed by atoms with Crippen molar-refractivity contribution < 1.29 is 24.4 Å². The normalized spacial score (nSPS) is 20.5. The van der Waals surface area contributed by atoms with Gasteiger partial charge in [0, 0.05) is 30.5 Å². The number of nitro groups is 1. The first-order valence-corrected chi connectivity index (χ1v) is 8.60. The van der Waals surface area contributed by atoms with E-state index in [2.05, 4.69) is 17.9 Å². The van der Waals surface area contributed by atoms with Gasteiger partial charge >= 0.3 is 6.09 Å². The number of hydrogen-bond acceptors (Lipinski definition) is 7. The first kappa shape index (κ1) is 20.0. The van der Waals surface area contributed by atoms with E-state index >= 15 is 0 Å². The van der Waals surface area contributed by atoms with Gasteiger partial charge in [0.05, 0.1) is 11.0 Å². The number of hydrogen-bond donors (Lipinski definition) is 3. The van der Waals surface area contributed by atoms with Gasteiger partial charge in [-0.05, 0) is 31.0 Å². The molecule has 0 aliphatic carbocycles. The molecule has 3 atom stereocenters. The van der Waals surface area contributed by atoms with Crippen LogP contribution in [0.4, 0.5) is 10.5 Å². The summed E-state index contributed by atoms with van der Waals surface area (Å²) in [6, 6.07) is 4.96. The van der Waals surface area contributed by atoms with E-state index in [9.17, 15) is 24.8 Å². The molecular weight excluding hydrogens is 362 g/mol. The molecule has 1 aliphatic heterocycles. The molecule has 1 heterocycles. The fraction of sp³-hybridized carbons (Fsp3) is 0.500. The Labute approximate surface area is 155 Å². The molecule has 0 aromatic heterocycles. The maximum atomic E-state index is 12.3. The topological polar surface area (TPSA) is 122 Å². The van der Waals surface area contributed by atoms with Gasteiger partial charge in [-0.2, -0.15) is 12.6 Å². The zero-order chi connectivity index (χ0) is 19.3. The number of aliphatic hydroxyl groups is 1. The van der Waals surface area contributed by atoms with Crippen LogP contribution in [0.2, 0.25) is 0 Å². The number of thiol groups is 1. The highest BCUT2D eigenvalue weighted by molar-refractivity contribution is 7.81. The van der Waals surface area contributed by atoms with Crippen molar-refractivity contribution in [2.75, 3.05) is 13.1 Å². The van der Waals surface area contributed by atoms with Crippen molar-refractivity contribution in [1.29, 1.82) is 0 Å². The summed E-state index contributed by atoms with van der Waals surface area (Å²) in [6.07, 6.45) is -0.951. The van der Waals surface area contributed by atoms with Crippen LogP contribution in [0.3, 0.4) is 0 Å². The summed E-state index contributed by atoms with van der Waals surface area (Å²) in [6.45, 7) is 1.85. The van der Waals surface area contributed by atoms with Crippen LogP contribution in [0, 0.1) is 10.1 Å². The minimum absolute atomic E-state index is 0.0487. The smallest absolute Gasteiger partial charge is 0.410 e. The standard InChI is InChI=1S/C16H21N3O6S/c1-10(20)7-17-15(21)14-6-13(26)8-18(14)16(22)25-9-11-2-4-12(5-3-11)19(23)24/h2-5,10,13-14,20,26H,6-9H2,1H3,(H,17,21)/t10-,13+,14+/m1/s1. The number of amides is 2. The van der Waals surface area contributed by atoms with Crippen LogP contribution in [0.15, 0.2) is 24.3 Å². The third-order valence-electron chi connectivity index (χ3n) is 3.90. The average Bonchev–Trinajstić information content (AvgIpc) is 2.99. The van der Waals surface area contributed by atoms with Crippen LogP contribution in [0.1, 0.15) is 18.9 Å². The lowest BCUT2D eigenvalue weighted by Gasteiger charge is -2.23. The summed E-state index contributed by atoms with van der Waals surface area (Å²) < 4.78 is 5.22. The second-order valence-electron chi connectivity index (χ2n) is 6.13. The van der Waals surface area contributed by atoms with E-state index in [4.69, 9.17) is 4.74 Å². The van der Waals surface area contributed by atoms with Crippen molar-refractivity contribution in [2.45, 2.75) is 37.3 Å². The second kappa shape index (κ2) is 8.86. The maximum Gasteiger partial charge on any atom is 0.410 e. The first-order valence-electron chi connectivity index (χ1n) is 8.08. The Hall–Kier alpha value is -2.33. The van der Waals surface area contributed by atoms with Gasteiger partial charge in [0.2, 0.25) is 5.91 Å². The SMILES string of the molecule is C[C@@H](O)CNC(=O)[C@@H]1C[C@H](S)CN1C(=O)OCc1ccc([N+](=O)[O-])cc1. The Morgan fingerprint density at radius 2 is 2.12 bits per heavy atom. The van der Waals surface area contributed by atoms with Crippen LogP contribution >= 0.6 is 12.6 Å². The molecule has 1 saturated heterocycles. The molecule has 26 heavy (non-hydrogen) atoms. The molecule has 1 fully saturated rings. The highest BCUT2D eigenvalue weighted by Gasteiger charge is 2.39. The van der Waals surface area contributed by atoms with E-state index in [1.165, 1.54) is 29.2 Å². The number of benzene rings is 1. The number of nitro benzene ring substituents is 1. The number of likely N-dealkylation sites (tertiary alicyclic amines) is 1. The van der Waals surface area contributed by atoms with Gasteiger partial charge in [-0.25, -0.2) is 4.79 Å². The lowest BCUT2D eigenvalue weighted by Crippen LogP contribution is -2.47. The summed E-state index contributed by atoms with van der Waals surface area (Å²) in [5, 5.41) is 22.3. The van der Waals surface area contributed by atoms with Gasteiger partial charge in [0.15, 0.2) is 0 Å². The fourth-order valence-corrected chi connectivity index (χ4v) is 2.95. The van der Waals surface area contributed by atoms with Crippen molar-refractivity contribution in [3.05, 3.63) is 39.9 Å². The number of nitrogens with zero attached hydrogens (tertiary/aromatic N) is 2. The second-order valence-corrected chi connectivity index (χ2v) is 6.86. The van der Waals surface area contributed by atoms with E-state index in [0.29, 0.717) is 12.0 Å². The molecule has 0 spiro atoms. The van der Waals surface area contributed by atoms with Crippen LogP contribution < -0.4 is 5.32 Å². The number of aliphatic hydroxyl groups excluding tert-OH is 1. The Bertz CT molecular complexity index is 666. The Kier molecular flexibility index (Phi) is 6.81. The lowest BCUT2D eigenvalue weighted by atomic mass is 10.2. The number of non-ortho nitro benzene ring substituents is 1. The van der Waals surface area contributed by atoms with E-state index in [1.807, 2.05) is 0 Å². The molecule has 0 saturated carbocycles. The zero-order valence-electron chi connectivity index (χ0n) is 14.2.